The zero-order valence-corrected chi connectivity index (χ0v) is 16.7. The second kappa shape index (κ2) is 8.68. The Morgan fingerprint density at radius 3 is 2.63 bits per heavy atom. The number of nitrogens with zero attached hydrogens (tertiary/aromatic N) is 1. The van der Waals surface area contributed by atoms with E-state index in [1.807, 2.05) is 32.9 Å². The van der Waals surface area contributed by atoms with Gasteiger partial charge < -0.3 is 9.47 Å². The van der Waals surface area contributed by atoms with Crippen molar-refractivity contribution in [1.82, 2.24) is 4.90 Å². The number of carbonyl (C=O) groups excluding carboxylic acids is 1. The molecule has 0 amide bonds. The summed E-state index contributed by atoms with van der Waals surface area (Å²) in [7, 11) is 0. The van der Waals surface area contributed by atoms with Crippen molar-refractivity contribution in [3.8, 4) is 0 Å². The SMILES string of the molecule is CCOC(=O)c1cc(C)c([C@@H]2CN(Cc3ccccc3)[C@H](C)CO2)cc1C. The van der Waals surface area contributed by atoms with Crippen LogP contribution < -0.4 is 0 Å². The molecule has 0 bridgehead atoms. The smallest absolute Gasteiger partial charge is 0.338 e. The maximum absolute atomic E-state index is 12.1. The van der Waals surface area contributed by atoms with E-state index in [2.05, 4.69) is 42.2 Å². The van der Waals surface area contributed by atoms with E-state index in [0.717, 1.165) is 29.8 Å². The summed E-state index contributed by atoms with van der Waals surface area (Å²) < 4.78 is 11.3. The average molecular weight is 367 g/mol. The van der Waals surface area contributed by atoms with Gasteiger partial charge in [0.05, 0.1) is 24.9 Å². The zero-order chi connectivity index (χ0) is 19.4. The fraction of sp³-hybridized carbons (Fsp3) is 0.435. The van der Waals surface area contributed by atoms with Crippen LogP contribution in [0.4, 0.5) is 0 Å². The van der Waals surface area contributed by atoms with E-state index >= 15 is 0 Å². The predicted octanol–water partition coefficient (Wildman–Crippen LogP) is 4.44. The van der Waals surface area contributed by atoms with Crippen molar-refractivity contribution in [3.05, 3.63) is 70.3 Å². The zero-order valence-electron chi connectivity index (χ0n) is 16.7. The van der Waals surface area contributed by atoms with Gasteiger partial charge in [-0.25, -0.2) is 4.79 Å². The van der Waals surface area contributed by atoms with Crippen molar-refractivity contribution in [2.75, 3.05) is 19.8 Å². The number of morpholine rings is 1. The highest BCUT2D eigenvalue weighted by Gasteiger charge is 2.28. The summed E-state index contributed by atoms with van der Waals surface area (Å²) in [4.78, 5) is 14.6. The minimum Gasteiger partial charge on any atom is -0.462 e. The van der Waals surface area contributed by atoms with Crippen LogP contribution in [0, 0.1) is 13.8 Å². The summed E-state index contributed by atoms with van der Waals surface area (Å²) >= 11 is 0. The summed E-state index contributed by atoms with van der Waals surface area (Å²) in [6.45, 7) is 10.9. The minimum absolute atomic E-state index is 0.0138. The molecule has 0 N–H and O–H groups in total. The third-order valence-electron chi connectivity index (χ3n) is 5.25. The first-order valence-electron chi connectivity index (χ1n) is 9.67. The average Bonchev–Trinajstić information content (AvgIpc) is 2.66. The van der Waals surface area contributed by atoms with Gasteiger partial charge in [0.1, 0.15) is 0 Å². The lowest BCUT2D eigenvalue weighted by molar-refractivity contribution is -0.0635. The highest BCUT2D eigenvalue weighted by atomic mass is 16.5. The van der Waals surface area contributed by atoms with E-state index in [9.17, 15) is 4.79 Å². The second-order valence-electron chi connectivity index (χ2n) is 7.33. The highest BCUT2D eigenvalue weighted by molar-refractivity contribution is 5.91. The van der Waals surface area contributed by atoms with Crippen LogP contribution in [0.15, 0.2) is 42.5 Å². The molecule has 0 unspecified atom stereocenters. The van der Waals surface area contributed by atoms with E-state index in [1.54, 1.807) is 0 Å². The maximum atomic E-state index is 12.1. The van der Waals surface area contributed by atoms with E-state index in [-0.39, 0.29) is 12.1 Å². The summed E-state index contributed by atoms with van der Waals surface area (Å²) in [6, 6.07) is 14.9. The largest absolute Gasteiger partial charge is 0.462 e. The first kappa shape index (κ1) is 19.6. The fourth-order valence-electron chi connectivity index (χ4n) is 3.65. The number of rotatable bonds is 5. The van der Waals surface area contributed by atoms with E-state index < -0.39 is 0 Å². The number of hydrogen-bond acceptors (Lipinski definition) is 4. The molecule has 0 aromatic heterocycles. The highest BCUT2D eigenvalue weighted by Crippen LogP contribution is 2.30. The number of aryl methyl sites for hydroxylation is 2. The van der Waals surface area contributed by atoms with Crippen molar-refractivity contribution in [1.29, 1.82) is 0 Å². The van der Waals surface area contributed by atoms with Crippen molar-refractivity contribution in [3.63, 3.8) is 0 Å². The maximum Gasteiger partial charge on any atom is 0.338 e. The molecule has 1 aliphatic rings. The van der Waals surface area contributed by atoms with Gasteiger partial charge in [0, 0.05) is 19.1 Å². The summed E-state index contributed by atoms with van der Waals surface area (Å²) in [6.07, 6.45) is 0.0138. The molecule has 2 atom stereocenters. The minimum atomic E-state index is -0.256. The molecule has 0 spiro atoms. The lowest BCUT2D eigenvalue weighted by Crippen LogP contribution is -2.44. The summed E-state index contributed by atoms with van der Waals surface area (Å²) in [5, 5.41) is 0. The van der Waals surface area contributed by atoms with E-state index in [1.165, 1.54) is 5.56 Å². The molecule has 0 saturated carbocycles. The van der Waals surface area contributed by atoms with Crippen LogP contribution in [0.25, 0.3) is 0 Å². The van der Waals surface area contributed by atoms with Gasteiger partial charge in [-0.3, -0.25) is 4.90 Å². The Bertz CT molecular complexity index is 788. The lowest BCUT2D eigenvalue weighted by atomic mass is 9.95. The van der Waals surface area contributed by atoms with E-state index in [0.29, 0.717) is 24.8 Å². The summed E-state index contributed by atoms with van der Waals surface area (Å²) in [5.41, 5.74) is 5.12. The van der Waals surface area contributed by atoms with Gasteiger partial charge in [-0.05, 0) is 56.0 Å². The van der Waals surface area contributed by atoms with Gasteiger partial charge in [0.15, 0.2) is 0 Å². The first-order valence-corrected chi connectivity index (χ1v) is 9.67. The van der Waals surface area contributed by atoms with E-state index in [4.69, 9.17) is 9.47 Å². The number of ether oxygens (including phenoxy) is 2. The van der Waals surface area contributed by atoms with Crippen molar-refractivity contribution >= 4 is 5.97 Å². The molecule has 0 radical (unpaired) electrons. The fourth-order valence-corrected chi connectivity index (χ4v) is 3.65. The molecule has 3 rings (SSSR count). The molecule has 2 aromatic carbocycles. The quantitative estimate of drug-likeness (QED) is 0.732. The Hall–Kier alpha value is -2.17. The number of benzene rings is 2. The van der Waals surface area contributed by atoms with Gasteiger partial charge in [-0.2, -0.15) is 0 Å². The molecule has 1 aliphatic heterocycles. The Balaban J connectivity index is 1.79. The van der Waals surface area contributed by atoms with Gasteiger partial charge in [0.25, 0.3) is 0 Å². The van der Waals surface area contributed by atoms with Gasteiger partial charge >= 0.3 is 5.97 Å². The second-order valence-corrected chi connectivity index (χ2v) is 7.33. The van der Waals surface area contributed by atoms with Gasteiger partial charge in [-0.1, -0.05) is 36.4 Å². The van der Waals surface area contributed by atoms with Gasteiger partial charge in [-0.15, -0.1) is 0 Å². The first-order chi connectivity index (χ1) is 13.0. The normalized spacial score (nSPS) is 20.4. The van der Waals surface area contributed by atoms with Crippen LogP contribution in [0.5, 0.6) is 0 Å². The third kappa shape index (κ3) is 4.57. The molecule has 1 heterocycles. The van der Waals surface area contributed by atoms with Crippen LogP contribution >= 0.6 is 0 Å². The standard InChI is InChI=1S/C23H29NO3/c1-5-26-23(25)21-12-16(2)20(11-17(21)3)22-14-24(18(4)15-27-22)13-19-9-7-6-8-10-19/h6-12,18,22H,5,13-15H2,1-4H3/t18-,22+/m1/s1. The predicted molar refractivity (Wildman–Crippen MR) is 107 cm³/mol. The molecule has 1 fully saturated rings. The van der Waals surface area contributed by atoms with Crippen LogP contribution in [-0.2, 0) is 16.0 Å². The molecule has 4 nitrogen and oxygen atoms in total. The van der Waals surface area contributed by atoms with Gasteiger partial charge in [0.2, 0.25) is 0 Å². The number of esters is 1. The number of hydrogen-bond donors (Lipinski definition) is 0. The number of carbonyl (C=O) groups is 1. The Morgan fingerprint density at radius 1 is 1.19 bits per heavy atom. The molecular formula is C23H29NO3. The third-order valence-corrected chi connectivity index (χ3v) is 5.25. The molecule has 4 heteroatoms. The van der Waals surface area contributed by atoms with Crippen LogP contribution in [0.2, 0.25) is 0 Å². The van der Waals surface area contributed by atoms with Crippen LogP contribution in [0.3, 0.4) is 0 Å². The molecule has 27 heavy (non-hydrogen) atoms. The topological polar surface area (TPSA) is 38.8 Å². The van der Waals surface area contributed by atoms with Crippen LogP contribution in [0.1, 0.15) is 52.6 Å². The monoisotopic (exact) mass is 367 g/mol. The Labute approximate surface area is 162 Å². The summed E-state index contributed by atoms with van der Waals surface area (Å²) in [5.74, 6) is -0.256. The Kier molecular flexibility index (Phi) is 6.30. The Morgan fingerprint density at radius 2 is 1.93 bits per heavy atom. The molecular weight excluding hydrogens is 338 g/mol. The van der Waals surface area contributed by atoms with Crippen molar-refractivity contribution < 1.29 is 14.3 Å². The molecule has 144 valence electrons. The molecule has 2 aromatic rings. The van der Waals surface area contributed by atoms with Crippen molar-refractivity contribution in [2.24, 2.45) is 0 Å². The molecule has 0 aliphatic carbocycles. The van der Waals surface area contributed by atoms with Crippen LogP contribution in [-0.4, -0.2) is 36.7 Å². The van der Waals surface area contributed by atoms with Crippen molar-refractivity contribution in [2.45, 2.75) is 46.4 Å². The molecule has 1 saturated heterocycles. The lowest BCUT2D eigenvalue weighted by Gasteiger charge is -2.38.